The van der Waals surface area contributed by atoms with Gasteiger partial charge >= 0.3 is 6.01 Å². The van der Waals surface area contributed by atoms with Crippen LogP contribution in [0.1, 0.15) is 12.0 Å². The van der Waals surface area contributed by atoms with Gasteiger partial charge in [0.2, 0.25) is 5.91 Å². The summed E-state index contributed by atoms with van der Waals surface area (Å²) in [5.41, 5.74) is 1.37. The minimum atomic E-state index is -0.437. The summed E-state index contributed by atoms with van der Waals surface area (Å²) in [5, 5.41) is 2.80. The molecule has 1 heterocycles. The van der Waals surface area contributed by atoms with E-state index < -0.39 is 5.82 Å². The summed E-state index contributed by atoms with van der Waals surface area (Å²) in [6, 6.07) is 13.5. The molecule has 7 heteroatoms. The lowest BCUT2D eigenvalue weighted by atomic mass is 10.1. The monoisotopic (exact) mass is 367 g/mol. The van der Waals surface area contributed by atoms with Crippen LogP contribution in [0.4, 0.5) is 10.1 Å². The fourth-order valence-corrected chi connectivity index (χ4v) is 2.40. The molecule has 27 heavy (non-hydrogen) atoms. The van der Waals surface area contributed by atoms with Gasteiger partial charge in [-0.2, -0.15) is 0 Å². The molecule has 0 atom stereocenters. The number of amides is 1. The molecular formula is C20H18FN3O3. The van der Waals surface area contributed by atoms with Gasteiger partial charge < -0.3 is 14.8 Å². The van der Waals surface area contributed by atoms with Crippen molar-refractivity contribution in [2.75, 3.05) is 12.4 Å². The van der Waals surface area contributed by atoms with Crippen molar-refractivity contribution >= 4 is 11.6 Å². The van der Waals surface area contributed by atoms with Crippen LogP contribution in [-0.4, -0.2) is 23.0 Å². The molecule has 0 fully saturated rings. The first-order valence-corrected chi connectivity index (χ1v) is 8.31. The summed E-state index contributed by atoms with van der Waals surface area (Å²) in [6.45, 7) is 0. The van der Waals surface area contributed by atoms with E-state index in [4.69, 9.17) is 9.47 Å². The molecule has 0 aliphatic heterocycles. The summed E-state index contributed by atoms with van der Waals surface area (Å²) < 4.78 is 24.0. The molecule has 6 nitrogen and oxygen atoms in total. The Labute approximate surface area is 156 Å². The maximum Gasteiger partial charge on any atom is 0.321 e. The summed E-state index contributed by atoms with van der Waals surface area (Å²) in [7, 11) is 1.41. The van der Waals surface area contributed by atoms with Crippen LogP contribution in [0.3, 0.4) is 0 Å². The average Bonchev–Trinajstić information content (AvgIpc) is 2.69. The molecule has 0 radical (unpaired) electrons. The minimum absolute atomic E-state index is 0.161. The van der Waals surface area contributed by atoms with Gasteiger partial charge in [-0.3, -0.25) is 4.79 Å². The molecule has 0 saturated heterocycles. The zero-order valence-electron chi connectivity index (χ0n) is 14.7. The number of rotatable bonds is 7. The van der Waals surface area contributed by atoms with Crippen LogP contribution in [0.25, 0.3) is 0 Å². The van der Waals surface area contributed by atoms with Crippen molar-refractivity contribution in [1.82, 2.24) is 9.97 Å². The number of carbonyl (C=O) groups is 1. The molecule has 1 N–H and O–H groups in total. The first-order valence-electron chi connectivity index (χ1n) is 8.31. The van der Waals surface area contributed by atoms with Crippen LogP contribution in [0.15, 0.2) is 60.9 Å². The van der Waals surface area contributed by atoms with Crippen LogP contribution in [0.2, 0.25) is 0 Å². The molecule has 1 aromatic heterocycles. The highest BCUT2D eigenvalue weighted by molar-refractivity contribution is 5.90. The predicted octanol–water partition coefficient (Wildman–Crippen LogP) is 3.99. The molecule has 2 aromatic carbocycles. The maximum absolute atomic E-state index is 13.7. The second-order valence-corrected chi connectivity index (χ2v) is 5.67. The van der Waals surface area contributed by atoms with Crippen molar-refractivity contribution in [3.63, 3.8) is 0 Å². The van der Waals surface area contributed by atoms with Crippen LogP contribution in [-0.2, 0) is 11.2 Å². The smallest absolute Gasteiger partial charge is 0.321 e. The summed E-state index contributed by atoms with van der Waals surface area (Å²) >= 11 is 0. The van der Waals surface area contributed by atoms with Crippen molar-refractivity contribution < 1.29 is 18.7 Å². The van der Waals surface area contributed by atoms with Gasteiger partial charge in [0.25, 0.3) is 0 Å². The van der Waals surface area contributed by atoms with E-state index in [0.717, 1.165) is 5.56 Å². The van der Waals surface area contributed by atoms with Gasteiger partial charge in [0, 0.05) is 24.5 Å². The SMILES string of the molecule is COc1ccc(CCC(=O)Nc2ccc(Oc3ncccn3)cc2)cc1F. The number of methoxy groups -OCH3 is 1. The Kier molecular flexibility index (Phi) is 5.94. The van der Waals surface area contributed by atoms with E-state index in [1.165, 1.54) is 13.2 Å². The normalized spacial score (nSPS) is 10.3. The fraction of sp³-hybridized carbons (Fsp3) is 0.150. The molecule has 3 aromatic rings. The number of benzene rings is 2. The highest BCUT2D eigenvalue weighted by atomic mass is 19.1. The van der Waals surface area contributed by atoms with E-state index in [1.54, 1.807) is 54.9 Å². The highest BCUT2D eigenvalue weighted by Gasteiger charge is 2.07. The van der Waals surface area contributed by atoms with E-state index in [1.807, 2.05) is 0 Å². The third-order valence-electron chi connectivity index (χ3n) is 3.75. The van der Waals surface area contributed by atoms with Crippen LogP contribution in [0.5, 0.6) is 17.5 Å². The van der Waals surface area contributed by atoms with Crippen LogP contribution >= 0.6 is 0 Å². The number of anilines is 1. The topological polar surface area (TPSA) is 73.3 Å². The van der Waals surface area contributed by atoms with Gasteiger partial charge in [-0.15, -0.1) is 0 Å². The molecule has 0 aliphatic rings. The van der Waals surface area contributed by atoms with Crippen LogP contribution < -0.4 is 14.8 Å². The van der Waals surface area contributed by atoms with Crippen molar-refractivity contribution in [3.05, 3.63) is 72.3 Å². The Hall–Kier alpha value is -3.48. The molecule has 0 spiro atoms. The lowest BCUT2D eigenvalue weighted by Gasteiger charge is -2.08. The quantitative estimate of drug-likeness (QED) is 0.684. The van der Waals surface area contributed by atoms with Gasteiger partial charge in [-0.25, -0.2) is 14.4 Å². The second-order valence-electron chi connectivity index (χ2n) is 5.67. The predicted molar refractivity (Wildman–Crippen MR) is 98.5 cm³/mol. The van der Waals surface area contributed by atoms with Gasteiger partial charge in [-0.1, -0.05) is 6.07 Å². The highest BCUT2D eigenvalue weighted by Crippen LogP contribution is 2.21. The number of nitrogens with one attached hydrogen (secondary N) is 1. The number of hydrogen-bond donors (Lipinski definition) is 1. The maximum atomic E-state index is 13.7. The Bertz CT molecular complexity index is 902. The molecule has 138 valence electrons. The third-order valence-corrected chi connectivity index (χ3v) is 3.75. The Morgan fingerprint density at radius 1 is 1.11 bits per heavy atom. The fourth-order valence-electron chi connectivity index (χ4n) is 2.40. The number of carbonyl (C=O) groups excluding carboxylic acids is 1. The van der Waals surface area contributed by atoms with Gasteiger partial charge in [0.1, 0.15) is 5.75 Å². The van der Waals surface area contributed by atoms with E-state index in [2.05, 4.69) is 15.3 Å². The van der Waals surface area contributed by atoms with Crippen molar-refractivity contribution in [3.8, 4) is 17.5 Å². The number of halogens is 1. The molecule has 0 aliphatic carbocycles. The van der Waals surface area contributed by atoms with Gasteiger partial charge in [-0.05, 0) is 54.4 Å². The van der Waals surface area contributed by atoms with E-state index >= 15 is 0 Å². The Balaban J connectivity index is 1.51. The van der Waals surface area contributed by atoms with E-state index in [9.17, 15) is 9.18 Å². The number of nitrogens with zero attached hydrogens (tertiary/aromatic N) is 2. The van der Waals surface area contributed by atoms with E-state index in [0.29, 0.717) is 17.9 Å². The largest absolute Gasteiger partial charge is 0.494 e. The first kappa shape index (κ1) is 18.3. The van der Waals surface area contributed by atoms with Crippen molar-refractivity contribution in [2.45, 2.75) is 12.8 Å². The number of ether oxygens (including phenoxy) is 2. The minimum Gasteiger partial charge on any atom is -0.494 e. The lowest BCUT2D eigenvalue weighted by molar-refractivity contribution is -0.116. The zero-order valence-corrected chi connectivity index (χ0v) is 14.7. The lowest BCUT2D eigenvalue weighted by Crippen LogP contribution is -2.12. The van der Waals surface area contributed by atoms with E-state index in [-0.39, 0.29) is 24.1 Å². The Morgan fingerprint density at radius 2 is 1.85 bits per heavy atom. The number of aromatic nitrogens is 2. The molecule has 0 saturated carbocycles. The molecule has 1 amide bonds. The number of hydrogen-bond acceptors (Lipinski definition) is 5. The summed E-state index contributed by atoms with van der Waals surface area (Å²) in [5.74, 6) is 0.152. The zero-order chi connectivity index (χ0) is 19.1. The molecule has 0 bridgehead atoms. The van der Waals surface area contributed by atoms with Crippen molar-refractivity contribution in [2.24, 2.45) is 0 Å². The summed E-state index contributed by atoms with van der Waals surface area (Å²) in [6.07, 6.45) is 3.85. The first-order chi connectivity index (χ1) is 13.1. The second kappa shape index (κ2) is 8.75. The molecular weight excluding hydrogens is 349 g/mol. The van der Waals surface area contributed by atoms with Gasteiger partial charge in [0.15, 0.2) is 11.6 Å². The number of aryl methyl sites for hydroxylation is 1. The van der Waals surface area contributed by atoms with Crippen LogP contribution in [0, 0.1) is 5.82 Å². The van der Waals surface area contributed by atoms with Crippen molar-refractivity contribution in [1.29, 1.82) is 0 Å². The Morgan fingerprint density at radius 3 is 2.52 bits per heavy atom. The van der Waals surface area contributed by atoms with Gasteiger partial charge in [0.05, 0.1) is 7.11 Å². The standard InChI is InChI=1S/C20H18FN3O3/c1-26-18-9-3-14(13-17(18)21)4-10-19(25)24-15-5-7-16(8-6-15)27-20-22-11-2-12-23-20/h2-3,5-9,11-13H,4,10H2,1H3,(H,24,25). The summed E-state index contributed by atoms with van der Waals surface area (Å²) in [4.78, 5) is 20.0. The molecule has 3 rings (SSSR count). The third kappa shape index (κ3) is 5.24. The average molecular weight is 367 g/mol. The molecule has 0 unspecified atom stereocenters.